The third-order valence-corrected chi connectivity index (χ3v) is 4.83. The van der Waals surface area contributed by atoms with Crippen LogP contribution in [0.2, 0.25) is 0 Å². The highest BCUT2D eigenvalue weighted by atomic mass is 19.4. The van der Waals surface area contributed by atoms with E-state index < -0.39 is 30.8 Å². The van der Waals surface area contributed by atoms with Gasteiger partial charge in [-0.25, -0.2) is 4.39 Å². The van der Waals surface area contributed by atoms with Crippen LogP contribution in [0.3, 0.4) is 0 Å². The van der Waals surface area contributed by atoms with E-state index in [1.54, 1.807) is 0 Å². The Labute approximate surface area is 170 Å². The van der Waals surface area contributed by atoms with E-state index >= 15 is 0 Å². The van der Waals surface area contributed by atoms with Crippen LogP contribution in [0.5, 0.6) is 5.75 Å². The van der Waals surface area contributed by atoms with Crippen LogP contribution in [0, 0.1) is 5.92 Å². The number of aromatic nitrogens is 2. The predicted octanol–water partition coefficient (Wildman–Crippen LogP) is 5.23. The Bertz CT molecular complexity index is 1030. The van der Waals surface area contributed by atoms with Crippen LogP contribution in [0.25, 0.3) is 22.8 Å². The van der Waals surface area contributed by atoms with Crippen LogP contribution >= 0.6 is 0 Å². The van der Waals surface area contributed by atoms with Gasteiger partial charge in [0.05, 0.1) is 5.56 Å². The summed E-state index contributed by atoms with van der Waals surface area (Å²) in [5.74, 6) is 0.437. The SMILES string of the molecule is CC1CN(c2cccc(-c3noc(-c4ccc(OCCF)c(C(F)(F)F)c4)n3)c2)C1. The largest absolute Gasteiger partial charge is 0.490 e. The minimum Gasteiger partial charge on any atom is -0.490 e. The minimum atomic E-state index is -4.67. The third kappa shape index (κ3) is 4.10. The molecular weight excluding hydrogens is 402 g/mol. The summed E-state index contributed by atoms with van der Waals surface area (Å²) in [6, 6.07) is 11.0. The molecule has 1 fully saturated rings. The zero-order valence-corrected chi connectivity index (χ0v) is 16.1. The van der Waals surface area contributed by atoms with Gasteiger partial charge in [0.25, 0.3) is 5.89 Å². The molecule has 4 rings (SSSR count). The van der Waals surface area contributed by atoms with Crippen molar-refractivity contribution in [2.75, 3.05) is 31.3 Å². The van der Waals surface area contributed by atoms with Gasteiger partial charge < -0.3 is 14.2 Å². The van der Waals surface area contributed by atoms with E-state index in [0.717, 1.165) is 30.9 Å². The quantitative estimate of drug-likeness (QED) is 0.511. The molecule has 0 N–H and O–H groups in total. The summed E-state index contributed by atoms with van der Waals surface area (Å²) in [7, 11) is 0. The summed E-state index contributed by atoms with van der Waals surface area (Å²) in [6.45, 7) is 2.77. The molecule has 0 bridgehead atoms. The van der Waals surface area contributed by atoms with E-state index in [1.807, 2.05) is 24.3 Å². The number of benzene rings is 2. The number of hydrogen-bond acceptors (Lipinski definition) is 5. The second-order valence-electron chi connectivity index (χ2n) is 7.23. The highest BCUT2D eigenvalue weighted by Gasteiger charge is 2.35. The van der Waals surface area contributed by atoms with Gasteiger partial charge in [0.1, 0.15) is 19.0 Å². The second kappa shape index (κ2) is 7.97. The normalized spacial score (nSPS) is 14.6. The molecule has 0 amide bonds. The lowest BCUT2D eigenvalue weighted by Gasteiger charge is -2.39. The van der Waals surface area contributed by atoms with E-state index in [-0.39, 0.29) is 17.3 Å². The molecule has 0 aliphatic carbocycles. The molecule has 1 saturated heterocycles. The van der Waals surface area contributed by atoms with Crippen molar-refractivity contribution >= 4 is 5.69 Å². The molecule has 2 aromatic carbocycles. The Balaban J connectivity index is 1.62. The van der Waals surface area contributed by atoms with E-state index in [2.05, 4.69) is 22.0 Å². The molecule has 0 radical (unpaired) electrons. The maximum absolute atomic E-state index is 13.4. The van der Waals surface area contributed by atoms with Crippen LogP contribution in [-0.4, -0.2) is 36.5 Å². The van der Waals surface area contributed by atoms with Crippen LogP contribution in [0.4, 0.5) is 23.2 Å². The molecule has 3 aromatic rings. The van der Waals surface area contributed by atoms with Gasteiger partial charge in [0, 0.05) is 29.9 Å². The molecule has 158 valence electrons. The Morgan fingerprint density at radius 1 is 1.13 bits per heavy atom. The lowest BCUT2D eigenvalue weighted by atomic mass is 10.0. The fourth-order valence-electron chi connectivity index (χ4n) is 3.37. The van der Waals surface area contributed by atoms with E-state index in [4.69, 9.17) is 9.26 Å². The highest BCUT2D eigenvalue weighted by Crippen LogP contribution is 2.39. The number of hydrogen-bond donors (Lipinski definition) is 0. The van der Waals surface area contributed by atoms with Crippen molar-refractivity contribution in [1.29, 1.82) is 0 Å². The molecule has 1 aliphatic heterocycles. The Hall–Kier alpha value is -3.10. The van der Waals surface area contributed by atoms with Crippen molar-refractivity contribution in [2.45, 2.75) is 13.1 Å². The fraction of sp³-hybridized carbons (Fsp3) is 0.333. The molecule has 1 aromatic heterocycles. The van der Waals surface area contributed by atoms with Crippen molar-refractivity contribution in [3.63, 3.8) is 0 Å². The third-order valence-electron chi connectivity index (χ3n) is 4.83. The Morgan fingerprint density at radius 3 is 2.63 bits per heavy atom. The molecule has 1 aliphatic rings. The van der Waals surface area contributed by atoms with Crippen LogP contribution in [0.15, 0.2) is 47.0 Å². The van der Waals surface area contributed by atoms with Gasteiger partial charge in [-0.15, -0.1) is 0 Å². The number of halogens is 4. The zero-order chi connectivity index (χ0) is 21.3. The first kappa shape index (κ1) is 20.2. The fourth-order valence-corrected chi connectivity index (χ4v) is 3.37. The molecule has 30 heavy (non-hydrogen) atoms. The van der Waals surface area contributed by atoms with E-state index in [9.17, 15) is 17.6 Å². The van der Waals surface area contributed by atoms with Crippen molar-refractivity contribution in [1.82, 2.24) is 10.1 Å². The van der Waals surface area contributed by atoms with Gasteiger partial charge in [0.15, 0.2) is 0 Å². The Morgan fingerprint density at radius 2 is 1.93 bits per heavy atom. The molecule has 9 heteroatoms. The topological polar surface area (TPSA) is 51.4 Å². The zero-order valence-electron chi connectivity index (χ0n) is 16.1. The molecule has 2 heterocycles. The van der Waals surface area contributed by atoms with Gasteiger partial charge >= 0.3 is 6.18 Å². The van der Waals surface area contributed by atoms with E-state index in [0.29, 0.717) is 11.5 Å². The smallest absolute Gasteiger partial charge is 0.419 e. The lowest BCUT2D eigenvalue weighted by molar-refractivity contribution is -0.138. The van der Waals surface area contributed by atoms with Crippen LogP contribution in [0.1, 0.15) is 12.5 Å². The van der Waals surface area contributed by atoms with Crippen LogP contribution in [-0.2, 0) is 6.18 Å². The average Bonchev–Trinajstić information content (AvgIpc) is 3.19. The van der Waals surface area contributed by atoms with Crippen LogP contribution < -0.4 is 9.64 Å². The summed E-state index contributed by atoms with van der Waals surface area (Å²) < 4.78 is 62.5. The first-order valence-electron chi connectivity index (χ1n) is 9.44. The van der Waals surface area contributed by atoms with Gasteiger partial charge in [-0.3, -0.25) is 0 Å². The first-order valence-corrected chi connectivity index (χ1v) is 9.44. The summed E-state index contributed by atoms with van der Waals surface area (Å²) in [5.41, 5.74) is 0.815. The summed E-state index contributed by atoms with van der Waals surface area (Å²) >= 11 is 0. The maximum Gasteiger partial charge on any atom is 0.419 e. The maximum atomic E-state index is 13.4. The van der Waals surface area contributed by atoms with Gasteiger partial charge in [-0.1, -0.05) is 24.2 Å². The van der Waals surface area contributed by atoms with Crippen molar-refractivity contribution in [2.24, 2.45) is 5.92 Å². The lowest BCUT2D eigenvalue weighted by Crippen LogP contribution is -2.45. The van der Waals surface area contributed by atoms with Crippen molar-refractivity contribution in [3.8, 4) is 28.6 Å². The molecule has 0 unspecified atom stereocenters. The highest BCUT2D eigenvalue weighted by molar-refractivity contribution is 5.66. The number of alkyl halides is 4. The standard InChI is InChI=1S/C21H19F4N3O2/c1-13-11-28(12-13)16-4-2-3-14(9-16)19-26-20(30-27-19)15-5-6-18(29-8-7-22)17(10-15)21(23,24)25/h2-6,9-10,13H,7-8,11-12H2,1H3. The molecule has 0 atom stereocenters. The summed E-state index contributed by atoms with van der Waals surface area (Å²) in [6.07, 6.45) is -4.67. The summed E-state index contributed by atoms with van der Waals surface area (Å²) in [5, 5.41) is 3.92. The predicted molar refractivity (Wildman–Crippen MR) is 103 cm³/mol. The Kier molecular flexibility index (Phi) is 5.36. The molecule has 5 nitrogen and oxygen atoms in total. The summed E-state index contributed by atoms with van der Waals surface area (Å²) in [4.78, 5) is 6.48. The second-order valence-corrected chi connectivity index (χ2v) is 7.23. The number of nitrogens with zero attached hydrogens (tertiary/aromatic N) is 3. The van der Waals surface area contributed by atoms with Gasteiger partial charge in [-0.05, 0) is 36.2 Å². The molecule has 0 spiro atoms. The van der Waals surface area contributed by atoms with E-state index in [1.165, 1.54) is 6.07 Å². The number of ether oxygens (including phenoxy) is 1. The minimum absolute atomic E-state index is 0.0458. The van der Waals surface area contributed by atoms with Gasteiger partial charge in [0.2, 0.25) is 5.82 Å². The number of rotatable bonds is 6. The van der Waals surface area contributed by atoms with Crippen molar-refractivity contribution in [3.05, 3.63) is 48.0 Å². The molecule has 0 saturated carbocycles. The average molecular weight is 421 g/mol. The van der Waals surface area contributed by atoms with Crippen molar-refractivity contribution < 1.29 is 26.8 Å². The molecular formula is C21H19F4N3O2. The van der Waals surface area contributed by atoms with Gasteiger partial charge in [-0.2, -0.15) is 18.2 Å². The monoisotopic (exact) mass is 421 g/mol. The first-order chi connectivity index (χ1) is 14.3. The number of anilines is 1.